The minimum Gasteiger partial charge on any atom is -0.338 e. The minimum absolute atomic E-state index is 0.0705. The highest BCUT2D eigenvalue weighted by Crippen LogP contribution is 2.23. The van der Waals surface area contributed by atoms with Gasteiger partial charge in [0.05, 0.1) is 17.2 Å². The first-order valence-corrected chi connectivity index (χ1v) is 7.93. The van der Waals surface area contributed by atoms with Gasteiger partial charge in [0.2, 0.25) is 5.91 Å². The van der Waals surface area contributed by atoms with Gasteiger partial charge in [0.25, 0.3) is 0 Å². The van der Waals surface area contributed by atoms with Gasteiger partial charge in [-0.05, 0) is 32.8 Å². The van der Waals surface area contributed by atoms with Gasteiger partial charge >= 0.3 is 0 Å². The van der Waals surface area contributed by atoms with Crippen LogP contribution in [-0.2, 0) is 18.3 Å². The van der Waals surface area contributed by atoms with Crippen molar-refractivity contribution < 1.29 is 4.79 Å². The second kappa shape index (κ2) is 6.39. The van der Waals surface area contributed by atoms with Crippen molar-refractivity contribution in [1.29, 1.82) is 0 Å². The smallest absolute Gasteiger partial charge is 0.223 e. The van der Waals surface area contributed by atoms with Crippen molar-refractivity contribution >= 4 is 17.2 Å². The molecule has 0 aromatic carbocycles. The van der Waals surface area contributed by atoms with Crippen molar-refractivity contribution in [2.75, 3.05) is 7.05 Å². The molecule has 1 unspecified atom stereocenters. The van der Waals surface area contributed by atoms with E-state index in [1.165, 1.54) is 5.56 Å². The number of aromatic nitrogens is 3. The molecule has 0 fully saturated rings. The number of aryl methyl sites for hydroxylation is 2. The van der Waals surface area contributed by atoms with Crippen LogP contribution < -0.4 is 0 Å². The zero-order chi connectivity index (χ0) is 15.6. The van der Waals surface area contributed by atoms with Crippen LogP contribution in [0.15, 0.2) is 11.7 Å². The molecule has 1 atom stereocenters. The number of carbonyl (C=O) groups is 1. The topological polar surface area (TPSA) is 51.0 Å². The van der Waals surface area contributed by atoms with Gasteiger partial charge in [-0.1, -0.05) is 0 Å². The fourth-order valence-electron chi connectivity index (χ4n) is 2.43. The number of amides is 1. The van der Waals surface area contributed by atoms with Gasteiger partial charge in [-0.2, -0.15) is 5.10 Å². The van der Waals surface area contributed by atoms with Crippen molar-refractivity contribution in [3.63, 3.8) is 0 Å². The molecule has 2 aromatic rings. The second-order valence-corrected chi connectivity index (χ2v) is 6.28. The number of hydrogen-bond donors (Lipinski definition) is 0. The van der Waals surface area contributed by atoms with E-state index in [9.17, 15) is 4.79 Å². The maximum atomic E-state index is 12.4. The lowest BCUT2D eigenvalue weighted by atomic mass is 10.1. The minimum atomic E-state index is 0.0705. The van der Waals surface area contributed by atoms with E-state index in [2.05, 4.69) is 10.1 Å². The molecular formula is C15H22N4OS. The van der Waals surface area contributed by atoms with E-state index in [0.717, 1.165) is 22.7 Å². The Hall–Kier alpha value is -1.69. The van der Waals surface area contributed by atoms with Crippen molar-refractivity contribution in [3.8, 4) is 0 Å². The summed E-state index contributed by atoms with van der Waals surface area (Å²) in [4.78, 5) is 19.4. The van der Waals surface area contributed by atoms with Crippen LogP contribution in [0.5, 0.6) is 0 Å². The fourth-order valence-corrected chi connectivity index (χ4v) is 3.15. The first kappa shape index (κ1) is 15.7. The predicted octanol–water partition coefficient (Wildman–Crippen LogP) is 2.65. The lowest BCUT2D eigenvalue weighted by molar-refractivity contribution is -0.131. The Kier molecular flexibility index (Phi) is 4.77. The van der Waals surface area contributed by atoms with E-state index in [1.54, 1.807) is 21.7 Å². The highest BCUT2D eigenvalue weighted by molar-refractivity contribution is 7.09. The van der Waals surface area contributed by atoms with Crippen LogP contribution in [0.3, 0.4) is 0 Å². The molecule has 0 bridgehead atoms. The lowest BCUT2D eigenvalue weighted by Gasteiger charge is -2.23. The Bertz CT molecular complexity index is 618. The SMILES string of the molecule is Cc1nn(C)c(C)c1CCC(=O)N(C)C(C)c1cncs1. The molecule has 0 radical (unpaired) electrons. The Morgan fingerprint density at radius 2 is 2.19 bits per heavy atom. The Morgan fingerprint density at radius 3 is 2.71 bits per heavy atom. The number of rotatable bonds is 5. The highest BCUT2D eigenvalue weighted by Gasteiger charge is 2.19. The predicted molar refractivity (Wildman–Crippen MR) is 84.3 cm³/mol. The summed E-state index contributed by atoms with van der Waals surface area (Å²) < 4.78 is 1.87. The molecule has 114 valence electrons. The molecule has 6 heteroatoms. The van der Waals surface area contributed by atoms with Crippen LogP contribution in [0, 0.1) is 13.8 Å². The van der Waals surface area contributed by atoms with Crippen molar-refractivity contribution in [1.82, 2.24) is 19.7 Å². The summed E-state index contributed by atoms with van der Waals surface area (Å²) in [6.07, 6.45) is 3.08. The maximum absolute atomic E-state index is 12.4. The maximum Gasteiger partial charge on any atom is 0.223 e. The summed E-state index contributed by atoms with van der Waals surface area (Å²) in [7, 11) is 3.79. The quantitative estimate of drug-likeness (QED) is 0.853. The summed E-state index contributed by atoms with van der Waals surface area (Å²) in [5.41, 5.74) is 5.14. The van der Waals surface area contributed by atoms with Crippen LogP contribution >= 0.6 is 11.3 Å². The molecule has 2 rings (SSSR count). The molecule has 2 heterocycles. The molecule has 0 spiro atoms. The Labute approximate surface area is 129 Å². The standard InChI is InChI=1S/C15H22N4OS/c1-10-13(11(2)19(5)17-10)6-7-15(20)18(4)12(3)14-8-16-9-21-14/h8-9,12H,6-7H2,1-5H3. The third-order valence-corrected chi connectivity index (χ3v) is 5.03. The van der Waals surface area contributed by atoms with Gasteiger partial charge in [-0.15, -0.1) is 11.3 Å². The summed E-state index contributed by atoms with van der Waals surface area (Å²) >= 11 is 1.58. The van der Waals surface area contributed by atoms with E-state index in [-0.39, 0.29) is 11.9 Å². The van der Waals surface area contributed by atoms with Crippen molar-refractivity contribution in [2.45, 2.75) is 39.7 Å². The lowest BCUT2D eigenvalue weighted by Crippen LogP contribution is -2.29. The molecule has 0 saturated carbocycles. The van der Waals surface area contributed by atoms with E-state index in [1.807, 2.05) is 45.7 Å². The molecule has 0 saturated heterocycles. The number of carbonyl (C=O) groups excluding carboxylic acids is 1. The Balaban J connectivity index is 1.98. The van der Waals surface area contributed by atoms with E-state index < -0.39 is 0 Å². The highest BCUT2D eigenvalue weighted by atomic mass is 32.1. The number of nitrogens with zero attached hydrogens (tertiary/aromatic N) is 4. The zero-order valence-electron chi connectivity index (χ0n) is 13.3. The summed E-state index contributed by atoms with van der Waals surface area (Å²) in [6, 6.07) is 0.0705. The molecule has 1 amide bonds. The number of thiazole rings is 1. The summed E-state index contributed by atoms with van der Waals surface area (Å²) in [6.45, 7) is 6.08. The molecule has 0 N–H and O–H groups in total. The van der Waals surface area contributed by atoms with Gasteiger partial charge in [-0.3, -0.25) is 14.5 Å². The summed E-state index contributed by atoms with van der Waals surface area (Å²) in [5, 5.41) is 4.39. The molecule has 21 heavy (non-hydrogen) atoms. The van der Waals surface area contributed by atoms with Gasteiger partial charge < -0.3 is 4.90 Å². The Morgan fingerprint density at radius 1 is 1.48 bits per heavy atom. The van der Waals surface area contributed by atoms with Gasteiger partial charge in [0.1, 0.15) is 0 Å². The van der Waals surface area contributed by atoms with Crippen LogP contribution in [0.25, 0.3) is 0 Å². The zero-order valence-corrected chi connectivity index (χ0v) is 14.1. The molecule has 2 aromatic heterocycles. The first-order chi connectivity index (χ1) is 9.91. The third kappa shape index (κ3) is 3.32. The van der Waals surface area contributed by atoms with Gasteiger partial charge in [0, 0.05) is 37.3 Å². The van der Waals surface area contributed by atoms with Gasteiger partial charge in [-0.25, -0.2) is 0 Å². The summed E-state index contributed by atoms with van der Waals surface area (Å²) in [5.74, 6) is 0.151. The fraction of sp³-hybridized carbons (Fsp3) is 0.533. The average Bonchev–Trinajstić information content (AvgIpc) is 3.06. The van der Waals surface area contributed by atoms with E-state index >= 15 is 0 Å². The normalized spacial score (nSPS) is 12.4. The van der Waals surface area contributed by atoms with Crippen LogP contribution in [-0.4, -0.2) is 32.6 Å². The van der Waals surface area contributed by atoms with Crippen LogP contribution in [0.2, 0.25) is 0 Å². The molecule has 0 aliphatic heterocycles. The van der Waals surface area contributed by atoms with Crippen LogP contribution in [0.1, 0.15) is 41.2 Å². The second-order valence-electron chi connectivity index (χ2n) is 5.36. The van der Waals surface area contributed by atoms with Crippen molar-refractivity contribution in [3.05, 3.63) is 33.5 Å². The molecule has 5 nitrogen and oxygen atoms in total. The molecular weight excluding hydrogens is 284 g/mol. The largest absolute Gasteiger partial charge is 0.338 e. The molecule has 0 aliphatic rings. The number of hydrogen-bond acceptors (Lipinski definition) is 4. The van der Waals surface area contributed by atoms with Crippen molar-refractivity contribution in [2.24, 2.45) is 7.05 Å². The van der Waals surface area contributed by atoms with Crippen LogP contribution in [0.4, 0.5) is 0 Å². The van der Waals surface area contributed by atoms with Gasteiger partial charge in [0.15, 0.2) is 0 Å². The average molecular weight is 306 g/mol. The van der Waals surface area contributed by atoms with E-state index in [4.69, 9.17) is 0 Å². The molecule has 0 aliphatic carbocycles. The first-order valence-electron chi connectivity index (χ1n) is 7.05. The third-order valence-electron chi connectivity index (χ3n) is 4.09. The monoisotopic (exact) mass is 306 g/mol. The van der Waals surface area contributed by atoms with E-state index in [0.29, 0.717) is 6.42 Å².